The zero-order chi connectivity index (χ0) is 32.7. The number of aromatic hydroxyl groups is 1. The number of benzene rings is 2. The number of halogens is 5. The van der Waals surface area contributed by atoms with E-state index in [1.54, 1.807) is 0 Å². The maximum atomic E-state index is 16.8. The molecule has 4 heterocycles. The monoisotopic (exact) mass is 649 g/mol. The summed E-state index contributed by atoms with van der Waals surface area (Å²) in [4.78, 5) is 15.8. The Kier molecular flexibility index (Phi) is 6.82. The molecular weight excluding hydrogens is 617 g/mol. The van der Waals surface area contributed by atoms with Gasteiger partial charge in [-0.3, -0.25) is 4.98 Å². The first-order valence-corrected chi connectivity index (χ1v) is 16.0. The average Bonchev–Trinajstić information content (AvgIpc) is 3.40. The van der Waals surface area contributed by atoms with E-state index < -0.39 is 28.6 Å². The molecule has 2 aliphatic heterocycles. The second-order valence-corrected chi connectivity index (χ2v) is 13.8. The number of ether oxygens (including phenoxy) is 1. The summed E-state index contributed by atoms with van der Waals surface area (Å²) in [5.41, 5.74) is -2.29. The predicted octanol–water partition coefficient (Wildman–Crippen LogP) is 7.03. The minimum atomic E-state index is -4.23. The molecule has 2 aromatic heterocycles. The van der Waals surface area contributed by atoms with Crippen molar-refractivity contribution >= 4 is 27.5 Å². The Balaban J connectivity index is 1.22. The minimum absolute atomic E-state index is 0.0645. The number of piperazine rings is 1. The number of rotatable bonds is 5. The third-order valence-electron chi connectivity index (χ3n) is 11.1. The molecule has 2 N–H and O–H groups in total. The number of alkyl halides is 3. The van der Waals surface area contributed by atoms with Crippen LogP contribution in [0.25, 0.3) is 32.9 Å². The summed E-state index contributed by atoms with van der Waals surface area (Å²) in [6.45, 7) is 1.40. The fourth-order valence-electron chi connectivity index (χ4n) is 8.36. The average molecular weight is 650 g/mol. The van der Waals surface area contributed by atoms with Crippen LogP contribution in [0.5, 0.6) is 11.8 Å². The second kappa shape index (κ2) is 10.6. The van der Waals surface area contributed by atoms with Crippen molar-refractivity contribution < 1.29 is 31.8 Å². The predicted molar refractivity (Wildman–Crippen MR) is 166 cm³/mol. The van der Waals surface area contributed by atoms with Gasteiger partial charge in [-0.2, -0.15) is 23.1 Å². The highest BCUT2D eigenvalue weighted by molar-refractivity contribution is 6.03. The first-order valence-electron chi connectivity index (χ1n) is 16.0. The Morgan fingerprint density at radius 3 is 2.38 bits per heavy atom. The number of nitrogens with zero attached hydrogens (tertiary/aromatic N) is 4. The van der Waals surface area contributed by atoms with Crippen LogP contribution in [-0.4, -0.2) is 58.0 Å². The quantitative estimate of drug-likeness (QED) is 0.177. The molecule has 47 heavy (non-hydrogen) atoms. The number of terminal acetylenes is 1. The van der Waals surface area contributed by atoms with Gasteiger partial charge < -0.3 is 20.1 Å². The van der Waals surface area contributed by atoms with Crippen molar-refractivity contribution in [2.45, 2.75) is 69.6 Å². The lowest BCUT2D eigenvalue weighted by molar-refractivity contribution is -0.261. The largest absolute Gasteiger partial charge is 0.508 e. The topological polar surface area (TPSA) is 83.4 Å². The molecule has 0 unspecified atom stereocenters. The first-order chi connectivity index (χ1) is 22.5. The number of pyridine rings is 1. The molecule has 12 heteroatoms. The number of nitrogens with one attached hydrogen (secondary N) is 1. The van der Waals surface area contributed by atoms with Gasteiger partial charge in [0, 0.05) is 47.7 Å². The van der Waals surface area contributed by atoms with Gasteiger partial charge in [-0.25, -0.2) is 8.78 Å². The molecule has 4 bridgehead atoms. The second-order valence-electron chi connectivity index (χ2n) is 13.8. The van der Waals surface area contributed by atoms with Crippen molar-refractivity contribution in [3.8, 4) is 35.4 Å². The van der Waals surface area contributed by atoms with Crippen molar-refractivity contribution in [3.63, 3.8) is 0 Å². The van der Waals surface area contributed by atoms with Crippen molar-refractivity contribution in [1.29, 1.82) is 0 Å². The molecular formula is C35H32F5N5O2. The van der Waals surface area contributed by atoms with Gasteiger partial charge in [-0.15, -0.1) is 6.42 Å². The summed E-state index contributed by atoms with van der Waals surface area (Å²) in [5.74, 6) is 1.13. The molecule has 4 aromatic rings. The van der Waals surface area contributed by atoms with Gasteiger partial charge in [-0.1, -0.05) is 12.0 Å². The molecule has 0 spiro atoms. The van der Waals surface area contributed by atoms with Crippen molar-refractivity contribution in [3.05, 3.63) is 47.7 Å². The summed E-state index contributed by atoms with van der Waals surface area (Å²) in [5, 5.41) is 15.1. The van der Waals surface area contributed by atoms with E-state index in [9.17, 15) is 22.7 Å². The summed E-state index contributed by atoms with van der Waals surface area (Å²) in [6, 6.07) is 5.76. The van der Waals surface area contributed by atoms with Crippen LogP contribution < -0.4 is 15.0 Å². The Morgan fingerprint density at radius 2 is 1.72 bits per heavy atom. The highest BCUT2D eigenvalue weighted by Gasteiger charge is 2.61. The number of aromatic nitrogens is 3. The highest BCUT2D eigenvalue weighted by atomic mass is 19.4. The third-order valence-corrected chi connectivity index (χ3v) is 11.1. The number of phenolic OH excluding ortho intramolecular Hbond substituents is 1. The lowest BCUT2D eigenvalue weighted by Crippen LogP contribution is -2.51. The first kappa shape index (κ1) is 30.1. The molecule has 5 fully saturated rings. The summed E-state index contributed by atoms with van der Waals surface area (Å²) in [7, 11) is 0. The molecule has 3 saturated carbocycles. The van der Waals surface area contributed by atoms with E-state index >= 15 is 4.39 Å². The Hall–Kier alpha value is -4.24. The molecule has 3 aliphatic carbocycles. The van der Waals surface area contributed by atoms with E-state index in [2.05, 4.69) is 26.1 Å². The summed E-state index contributed by atoms with van der Waals surface area (Å²) >= 11 is 0. The van der Waals surface area contributed by atoms with Crippen LogP contribution in [0.15, 0.2) is 30.5 Å². The number of hydrogen-bond donors (Lipinski definition) is 2. The number of fused-ring (bicyclic) bond motifs is 7. The molecule has 2 atom stereocenters. The minimum Gasteiger partial charge on any atom is -0.508 e. The molecule has 0 radical (unpaired) electrons. The molecule has 7 nitrogen and oxygen atoms in total. The van der Waals surface area contributed by atoms with Crippen LogP contribution in [0.1, 0.15) is 56.9 Å². The van der Waals surface area contributed by atoms with Crippen molar-refractivity contribution in [2.24, 2.45) is 10.8 Å². The van der Waals surface area contributed by atoms with Gasteiger partial charge >= 0.3 is 12.2 Å². The van der Waals surface area contributed by atoms with Gasteiger partial charge in [0.25, 0.3) is 0 Å². The van der Waals surface area contributed by atoms with E-state index in [-0.39, 0.29) is 77.4 Å². The van der Waals surface area contributed by atoms with Gasteiger partial charge in [0.2, 0.25) is 0 Å². The SMILES string of the molecule is C#Cc1c(F)ccc2cc(O)cc(-c3ncc4c(N5C[C@H]6CC[C@@H](C5)N6)nc(OCC56CCC(C(F)(F)F)(CC5)CC6)nc4c3F)c12. The van der Waals surface area contributed by atoms with Gasteiger partial charge in [0.1, 0.15) is 28.6 Å². The van der Waals surface area contributed by atoms with Crippen molar-refractivity contribution in [1.82, 2.24) is 20.3 Å². The Bertz CT molecular complexity index is 1940. The van der Waals surface area contributed by atoms with Crippen molar-refractivity contribution in [2.75, 3.05) is 24.6 Å². The summed E-state index contributed by atoms with van der Waals surface area (Å²) in [6.07, 6.45) is 6.26. The number of anilines is 1. The lowest BCUT2D eigenvalue weighted by atomic mass is 9.53. The smallest absolute Gasteiger partial charge is 0.394 e. The standard InChI is InChI=1S/C35H32F5N5O2/c1-2-23-26(36)6-3-19-13-22(46)14-24(27(19)23)29-28(37)30-25(15-41-29)31(45-16-20-4-5-21(17-45)42-20)44-32(43-30)47-18-33-7-10-34(11-8-33,12-9-33)35(38,39)40/h1,3,6,13-15,20-21,42,46H,4-5,7-12,16-18H2/t20-,21+,33?,34?. The Morgan fingerprint density at radius 1 is 1.02 bits per heavy atom. The Labute approximate surface area is 267 Å². The van der Waals surface area contributed by atoms with E-state index in [0.717, 1.165) is 12.8 Å². The maximum absolute atomic E-state index is 16.8. The van der Waals surface area contributed by atoms with Gasteiger partial charge in [-0.05, 0) is 75.0 Å². The van der Waals surface area contributed by atoms with Crippen LogP contribution in [-0.2, 0) is 0 Å². The van der Waals surface area contributed by atoms with Gasteiger partial charge in [0.05, 0.1) is 23.0 Å². The fourth-order valence-corrected chi connectivity index (χ4v) is 8.36. The zero-order valence-electron chi connectivity index (χ0n) is 25.4. The fraction of sp³-hybridized carbons (Fsp3) is 0.457. The van der Waals surface area contributed by atoms with Crippen LogP contribution in [0.4, 0.5) is 27.8 Å². The lowest BCUT2D eigenvalue weighted by Gasteiger charge is -2.53. The molecule has 5 aliphatic rings. The number of hydrogen-bond acceptors (Lipinski definition) is 7. The van der Waals surface area contributed by atoms with Crippen LogP contribution in [0.2, 0.25) is 0 Å². The zero-order valence-corrected chi connectivity index (χ0v) is 25.4. The molecule has 9 rings (SSSR count). The van der Waals surface area contributed by atoms with Crippen LogP contribution in [0, 0.1) is 34.8 Å². The summed E-state index contributed by atoms with van der Waals surface area (Å²) < 4.78 is 79.3. The normalized spacial score (nSPS) is 27.0. The van der Waals surface area contributed by atoms with E-state index in [0.29, 0.717) is 48.9 Å². The van der Waals surface area contributed by atoms with E-state index in [1.165, 1.54) is 30.5 Å². The maximum Gasteiger partial charge on any atom is 0.394 e. The third kappa shape index (κ3) is 4.84. The van der Waals surface area contributed by atoms with Crippen LogP contribution >= 0.6 is 0 Å². The van der Waals surface area contributed by atoms with E-state index in [1.807, 2.05) is 0 Å². The van der Waals surface area contributed by atoms with Crippen LogP contribution in [0.3, 0.4) is 0 Å². The molecule has 2 saturated heterocycles. The molecule has 244 valence electrons. The highest BCUT2D eigenvalue weighted by Crippen LogP contribution is 2.62. The molecule has 2 aromatic carbocycles. The molecule has 0 amide bonds. The number of phenols is 1. The van der Waals surface area contributed by atoms with Gasteiger partial charge in [0.15, 0.2) is 5.82 Å². The van der Waals surface area contributed by atoms with E-state index in [4.69, 9.17) is 16.1 Å².